The number of nitrogens with zero attached hydrogens (tertiary/aromatic N) is 2. The Morgan fingerprint density at radius 1 is 1.24 bits per heavy atom. The van der Waals surface area contributed by atoms with E-state index in [0.29, 0.717) is 12.5 Å². The molecule has 5 rings (SSSR count). The molecule has 2 aliphatic carbocycles. The Balaban J connectivity index is 1.62. The van der Waals surface area contributed by atoms with Crippen molar-refractivity contribution in [2.75, 3.05) is 13.7 Å². The van der Waals surface area contributed by atoms with Crippen LogP contribution in [0.5, 0.6) is 0 Å². The highest BCUT2D eigenvalue weighted by Gasteiger charge is 2.62. The first-order valence-corrected chi connectivity index (χ1v) is 10.2. The largest absolute Gasteiger partial charge is 0.462 e. The standard InChI is InChI=1S/C23H26FN3O2/c1-14-9-22(6-5-20(14)28-2)10-16-4-3-15(17-7-18(24)12-26-11-17)8-19(16)23(22)13-29-21(25)27-23/h3-4,7-8,11-12,14,20H,5-6,9-10,13H2,1-2H3,(H2,25,27)/t14-,20-,22-,23-/m0/s1. The Morgan fingerprint density at radius 3 is 2.79 bits per heavy atom. The Bertz CT molecular complexity index is 994. The molecular weight excluding hydrogens is 369 g/mol. The summed E-state index contributed by atoms with van der Waals surface area (Å²) in [6, 6.07) is 8.12. The number of ether oxygens (including phenoxy) is 2. The molecule has 2 aromatic rings. The van der Waals surface area contributed by atoms with Crippen molar-refractivity contribution in [1.82, 2.24) is 4.98 Å². The summed E-state index contributed by atoms with van der Waals surface area (Å²) in [6.45, 7) is 2.72. The molecule has 4 atom stereocenters. The number of rotatable bonds is 2. The van der Waals surface area contributed by atoms with Crippen LogP contribution in [0, 0.1) is 17.2 Å². The number of aromatic nitrogens is 1. The lowest BCUT2D eigenvalue weighted by Crippen LogP contribution is -2.48. The van der Waals surface area contributed by atoms with E-state index >= 15 is 0 Å². The summed E-state index contributed by atoms with van der Waals surface area (Å²) in [7, 11) is 1.80. The molecule has 0 radical (unpaired) electrons. The average molecular weight is 395 g/mol. The lowest BCUT2D eigenvalue weighted by atomic mass is 9.59. The van der Waals surface area contributed by atoms with Gasteiger partial charge in [-0.05, 0) is 60.4 Å². The van der Waals surface area contributed by atoms with E-state index in [1.807, 2.05) is 0 Å². The van der Waals surface area contributed by atoms with Crippen LogP contribution in [-0.4, -0.2) is 30.8 Å². The van der Waals surface area contributed by atoms with Gasteiger partial charge in [-0.1, -0.05) is 19.1 Å². The topological polar surface area (TPSA) is 69.7 Å². The van der Waals surface area contributed by atoms with E-state index in [0.717, 1.165) is 42.4 Å². The first-order valence-electron chi connectivity index (χ1n) is 10.2. The van der Waals surface area contributed by atoms with Crippen LogP contribution in [0.2, 0.25) is 0 Å². The van der Waals surface area contributed by atoms with Gasteiger partial charge in [0.25, 0.3) is 6.02 Å². The van der Waals surface area contributed by atoms with E-state index < -0.39 is 5.54 Å². The van der Waals surface area contributed by atoms with Crippen molar-refractivity contribution in [1.29, 1.82) is 0 Å². The maximum Gasteiger partial charge on any atom is 0.283 e. The van der Waals surface area contributed by atoms with Crippen LogP contribution < -0.4 is 5.73 Å². The van der Waals surface area contributed by atoms with Crippen molar-refractivity contribution in [3.05, 3.63) is 53.6 Å². The second-order valence-electron chi connectivity index (χ2n) is 8.81. The number of fused-ring (bicyclic) bond motifs is 3. The molecule has 1 aliphatic heterocycles. The summed E-state index contributed by atoms with van der Waals surface area (Å²) >= 11 is 0. The first kappa shape index (κ1) is 18.6. The van der Waals surface area contributed by atoms with E-state index in [1.165, 1.54) is 17.8 Å². The van der Waals surface area contributed by atoms with Crippen LogP contribution in [-0.2, 0) is 21.4 Å². The number of halogens is 1. The molecule has 0 saturated heterocycles. The van der Waals surface area contributed by atoms with Crippen molar-refractivity contribution in [2.45, 2.75) is 44.2 Å². The number of methoxy groups -OCH3 is 1. The van der Waals surface area contributed by atoms with Crippen LogP contribution in [0.3, 0.4) is 0 Å². The molecule has 152 valence electrons. The van der Waals surface area contributed by atoms with Crippen molar-refractivity contribution in [2.24, 2.45) is 22.1 Å². The monoisotopic (exact) mass is 395 g/mol. The van der Waals surface area contributed by atoms with Gasteiger partial charge in [-0.2, -0.15) is 0 Å². The number of pyridine rings is 1. The maximum atomic E-state index is 13.7. The van der Waals surface area contributed by atoms with E-state index in [9.17, 15) is 4.39 Å². The van der Waals surface area contributed by atoms with Crippen LogP contribution >= 0.6 is 0 Å². The maximum absolute atomic E-state index is 13.7. The minimum atomic E-state index is -0.490. The summed E-state index contributed by atoms with van der Waals surface area (Å²) in [5.41, 5.74) is 9.64. The smallest absolute Gasteiger partial charge is 0.283 e. The van der Waals surface area contributed by atoms with Crippen molar-refractivity contribution in [3.8, 4) is 11.1 Å². The molecule has 1 fully saturated rings. The normalized spacial score (nSPS) is 33.0. The highest BCUT2D eigenvalue weighted by Crippen LogP contribution is 2.62. The minimum Gasteiger partial charge on any atom is -0.462 e. The fourth-order valence-electron chi connectivity index (χ4n) is 5.94. The molecule has 1 saturated carbocycles. The molecule has 1 aromatic heterocycles. The minimum absolute atomic E-state index is 0.0380. The summed E-state index contributed by atoms with van der Waals surface area (Å²) in [4.78, 5) is 8.92. The van der Waals surface area contributed by atoms with E-state index in [4.69, 9.17) is 20.2 Å². The number of hydrogen-bond acceptors (Lipinski definition) is 5. The number of benzene rings is 1. The van der Waals surface area contributed by atoms with Gasteiger partial charge in [0.05, 0.1) is 12.3 Å². The third-order valence-corrected chi connectivity index (χ3v) is 7.29. The zero-order valence-electron chi connectivity index (χ0n) is 16.8. The van der Waals surface area contributed by atoms with Gasteiger partial charge >= 0.3 is 0 Å². The highest BCUT2D eigenvalue weighted by molar-refractivity contribution is 5.76. The van der Waals surface area contributed by atoms with Gasteiger partial charge in [0.2, 0.25) is 0 Å². The molecule has 29 heavy (non-hydrogen) atoms. The molecule has 3 aliphatic rings. The molecule has 2 heterocycles. The predicted octanol–water partition coefficient (Wildman–Crippen LogP) is 3.81. The Kier molecular flexibility index (Phi) is 4.17. The molecule has 5 nitrogen and oxygen atoms in total. The zero-order valence-corrected chi connectivity index (χ0v) is 16.8. The lowest BCUT2D eigenvalue weighted by molar-refractivity contribution is -0.0445. The van der Waals surface area contributed by atoms with E-state index in [-0.39, 0.29) is 23.4 Å². The number of nitrogens with two attached hydrogens (primary N) is 1. The van der Waals surface area contributed by atoms with Crippen LogP contribution in [0.25, 0.3) is 11.1 Å². The fraction of sp³-hybridized carbons (Fsp3) is 0.478. The van der Waals surface area contributed by atoms with Crippen LogP contribution in [0.1, 0.15) is 37.3 Å². The third-order valence-electron chi connectivity index (χ3n) is 7.29. The fourth-order valence-corrected chi connectivity index (χ4v) is 5.94. The van der Waals surface area contributed by atoms with Crippen molar-refractivity contribution in [3.63, 3.8) is 0 Å². The van der Waals surface area contributed by atoms with Gasteiger partial charge in [0.15, 0.2) is 0 Å². The zero-order chi connectivity index (χ0) is 20.2. The molecule has 0 amide bonds. The molecule has 0 unspecified atom stereocenters. The SMILES string of the molecule is CO[C@H]1CC[C@@]2(Cc3ccc(-c4cncc(F)c4)cc3[C@@]23COC(N)=N3)C[C@@H]1C. The molecule has 2 N–H and O–H groups in total. The van der Waals surface area contributed by atoms with Gasteiger partial charge in [0.1, 0.15) is 18.0 Å². The van der Waals surface area contributed by atoms with Crippen LogP contribution in [0.15, 0.2) is 41.7 Å². The molecule has 1 aromatic carbocycles. The van der Waals surface area contributed by atoms with E-state index in [2.05, 4.69) is 30.1 Å². The van der Waals surface area contributed by atoms with Gasteiger partial charge in [-0.15, -0.1) is 0 Å². The number of aliphatic imine (C=N–C) groups is 1. The van der Waals surface area contributed by atoms with Crippen molar-refractivity contribution >= 4 is 6.02 Å². The van der Waals surface area contributed by atoms with Gasteiger partial charge < -0.3 is 15.2 Å². The molecule has 2 spiro atoms. The van der Waals surface area contributed by atoms with Crippen LogP contribution in [0.4, 0.5) is 4.39 Å². The number of amidine groups is 1. The molecular formula is C23H26FN3O2. The van der Waals surface area contributed by atoms with E-state index in [1.54, 1.807) is 13.3 Å². The third kappa shape index (κ3) is 2.69. The van der Waals surface area contributed by atoms with Gasteiger partial charge in [-0.25, -0.2) is 9.38 Å². The summed E-state index contributed by atoms with van der Waals surface area (Å²) in [5.74, 6) is 0.0937. The summed E-state index contributed by atoms with van der Waals surface area (Å²) in [6.07, 6.45) is 7.17. The second-order valence-corrected chi connectivity index (χ2v) is 8.81. The van der Waals surface area contributed by atoms with Gasteiger partial charge in [-0.3, -0.25) is 4.98 Å². The Morgan fingerprint density at radius 2 is 2.10 bits per heavy atom. The average Bonchev–Trinajstić information content (AvgIpc) is 3.21. The summed E-state index contributed by atoms with van der Waals surface area (Å²) < 4.78 is 25.2. The lowest BCUT2D eigenvalue weighted by Gasteiger charge is -2.47. The first-order chi connectivity index (χ1) is 14.0. The molecule has 0 bridgehead atoms. The Labute approximate surface area is 170 Å². The van der Waals surface area contributed by atoms with Crippen molar-refractivity contribution < 1.29 is 13.9 Å². The predicted molar refractivity (Wildman–Crippen MR) is 109 cm³/mol. The second kappa shape index (κ2) is 6.52. The van der Waals surface area contributed by atoms with Gasteiger partial charge in [0, 0.05) is 24.3 Å². The highest BCUT2D eigenvalue weighted by atomic mass is 19.1. The molecule has 6 heteroatoms. The Hall–Kier alpha value is -2.47. The number of hydrogen-bond donors (Lipinski definition) is 1. The summed E-state index contributed by atoms with van der Waals surface area (Å²) in [5, 5.41) is 0. The quantitative estimate of drug-likeness (QED) is 0.840.